The van der Waals surface area contributed by atoms with Crippen LogP contribution in [0, 0.1) is 5.92 Å². The molecule has 0 aliphatic heterocycles. The molecule has 1 aliphatic carbocycles. The molecule has 2 heterocycles. The van der Waals surface area contributed by atoms with Gasteiger partial charge in [-0.15, -0.1) is 0 Å². The van der Waals surface area contributed by atoms with Crippen molar-refractivity contribution in [2.24, 2.45) is 11.1 Å². The molecular formula is C23H24F3N5O3. The molecule has 0 radical (unpaired) electrons. The Bertz CT molecular complexity index is 1230. The molecular weight excluding hydrogens is 451 g/mol. The summed E-state index contributed by atoms with van der Waals surface area (Å²) in [5.41, 5.74) is 3.64. The molecule has 8 nitrogen and oxygen atoms in total. The summed E-state index contributed by atoms with van der Waals surface area (Å²) in [6.45, 7) is 2.24. The fraction of sp³-hybridized carbons (Fsp3) is 0.348. The Balaban J connectivity index is 1.65. The number of nitrogens with zero attached hydrogens (tertiary/aromatic N) is 3. The Labute approximate surface area is 193 Å². The van der Waals surface area contributed by atoms with Crippen molar-refractivity contribution in [3.63, 3.8) is 0 Å². The van der Waals surface area contributed by atoms with Gasteiger partial charge in [0.2, 0.25) is 0 Å². The fourth-order valence-corrected chi connectivity index (χ4v) is 3.60. The first-order valence-electron chi connectivity index (χ1n) is 10.8. The number of oxime groups is 1. The van der Waals surface area contributed by atoms with Gasteiger partial charge < -0.3 is 20.6 Å². The minimum absolute atomic E-state index is 0.162. The number of benzene rings is 1. The zero-order valence-corrected chi connectivity index (χ0v) is 18.6. The highest BCUT2D eigenvalue weighted by Gasteiger charge is 2.30. The van der Waals surface area contributed by atoms with Crippen molar-refractivity contribution in [2.45, 2.75) is 39.0 Å². The van der Waals surface area contributed by atoms with Gasteiger partial charge in [0.25, 0.3) is 0 Å². The number of hydrogen-bond acceptors (Lipinski definition) is 5. The summed E-state index contributed by atoms with van der Waals surface area (Å²) in [6, 6.07) is 7.61. The second-order valence-corrected chi connectivity index (χ2v) is 8.38. The van der Waals surface area contributed by atoms with Crippen LogP contribution in [0.4, 0.5) is 23.7 Å². The maximum absolute atomic E-state index is 12.4. The average molecular weight is 475 g/mol. The molecule has 4 rings (SSSR count). The van der Waals surface area contributed by atoms with Crippen LogP contribution < -0.4 is 15.4 Å². The number of ether oxygens (including phenoxy) is 1. The Morgan fingerprint density at radius 3 is 2.71 bits per heavy atom. The number of amides is 2. The molecule has 0 atom stereocenters. The van der Waals surface area contributed by atoms with Gasteiger partial charge in [-0.25, -0.2) is 9.78 Å². The lowest BCUT2D eigenvalue weighted by atomic mass is 10.1. The normalized spacial score (nSPS) is 14.5. The number of rotatable bonds is 7. The SMILES string of the molecule is CC(C)Oc1cc(NC(=O)NCC(F)(F)F)cc(-c2cnc3cc(/C(=N\O)C4CC4)ccn23)c1. The largest absolute Gasteiger partial charge is 0.491 e. The van der Waals surface area contributed by atoms with Crippen LogP contribution in [-0.2, 0) is 0 Å². The topological polar surface area (TPSA) is 100 Å². The minimum Gasteiger partial charge on any atom is -0.491 e. The van der Waals surface area contributed by atoms with E-state index < -0.39 is 18.8 Å². The van der Waals surface area contributed by atoms with E-state index in [4.69, 9.17) is 4.74 Å². The number of imidazole rings is 1. The van der Waals surface area contributed by atoms with Gasteiger partial charge in [0, 0.05) is 35.0 Å². The third kappa shape index (κ3) is 5.59. The van der Waals surface area contributed by atoms with Crippen molar-refractivity contribution < 1.29 is 27.9 Å². The highest BCUT2D eigenvalue weighted by atomic mass is 19.4. The number of fused-ring (bicyclic) bond motifs is 1. The van der Waals surface area contributed by atoms with Crippen LogP contribution >= 0.6 is 0 Å². The number of nitrogens with one attached hydrogen (secondary N) is 2. The molecule has 0 bridgehead atoms. The summed E-state index contributed by atoms with van der Waals surface area (Å²) in [7, 11) is 0. The summed E-state index contributed by atoms with van der Waals surface area (Å²) in [5.74, 6) is 0.692. The zero-order chi connectivity index (χ0) is 24.5. The van der Waals surface area contributed by atoms with E-state index in [-0.39, 0.29) is 17.7 Å². The lowest BCUT2D eigenvalue weighted by Crippen LogP contribution is -2.36. The molecule has 3 N–H and O–H groups in total. The monoisotopic (exact) mass is 475 g/mol. The molecule has 0 unspecified atom stereocenters. The highest BCUT2D eigenvalue weighted by Crippen LogP contribution is 2.34. The number of aromatic nitrogens is 2. The summed E-state index contributed by atoms with van der Waals surface area (Å²) < 4.78 is 44.8. The Morgan fingerprint density at radius 1 is 1.29 bits per heavy atom. The van der Waals surface area contributed by atoms with Crippen molar-refractivity contribution in [3.05, 3.63) is 48.3 Å². The van der Waals surface area contributed by atoms with Crippen LogP contribution in [0.2, 0.25) is 0 Å². The number of carbonyl (C=O) groups is 1. The van der Waals surface area contributed by atoms with Gasteiger partial charge in [-0.05, 0) is 51.0 Å². The van der Waals surface area contributed by atoms with E-state index in [0.717, 1.165) is 18.4 Å². The number of alkyl halides is 3. The molecule has 0 saturated heterocycles. The number of urea groups is 1. The van der Waals surface area contributed by atoms with Crippen molar-refractivity contribution >= 4 is 23.1 Å². The van der Waals surface area contributed by atoms with E-state index in [9.17, 15) is 23.2 Å². The number of carbonyl (C=O) groups excluding carboxylic acids is 1. The molecule has 1 aromatic carbocycles. The Hall–Kier alpha value is -3.76. The number of pyridine rings is 1. The van der Waals surface area contributed by atoms with Crippen molar-refractivity contribution in [1.82, 2.24) is 14.7 Å². The van der Waals surface area contributed by atoms with Crippen LogP contribution in [0.15, 0.2) is 47.9 Å². The quantitative estimate of drug-likeness (QED) is 0.253. The van der Waals surface area contributed by atoms with Crippen molar-refractivity contribution in [2.75, 3.05) is 11.9 Å². The Kier molecular flexibility index (Phi) is 6.36. The minimum atomic E-state index is -4.51. The van der Waals surface area contributed by atoms with Crippen molar-refractivity contribution in [1.29, 1.82) is 0 Å². The number of halogens is 3. The molecule has 0 spiro atoms. The average Bonchev–Trinajstić information content (AvgIpc) is 3.49. The fourth-order valence-electron chi connectivity index (χ4n) is 3.60. The van der Waals surface area contributed by atoms with E-state index in [1.807, 2.05) is 30.4 Å². The van der Waals surface area contributed by atoms with E-state index >= 15 is 0 Å². The standard InChI is InChI=1S/C23H24F3N5O3/c1-13(2)34-18-8-16(7-17(10-18)29-22(32)28-12-23(24,25)26)19-11-27-20-9-15(5-6-31(19)20)21(30-33)14-3-4-14/h5-11,13-14,33H,3-4,12H2,1-2H3,(H2,28,29,32)/b30-21-. The molecule has 2 aromatic heterocycles. The maximum atomic E-state index is 12.4. The van der Waals surface area contributed by atoms with Gasteiger partial charge in [-0.2, -0.15) is 13.2 Å². The van der Waals surface area contributed by atoms with Gasteiger partial charge in [-0.3, -0.25) is 4.40 Å². The summed E-state index contributed by atoms with van der Waals surface area (Å²) in [6.07, 6.45) is 0.748. The van der Waals surface area contributed by atoms with E-state index in [1.165, 1.54) is 6.07 Å². The highest BCUT2D eigenvalue weighted by molar-refractivity contribution is 6.03. The predicted molar refractivity (Wildman–Crippen MR) is 121 cm³/mol. The molecule has 11 heteroatoms. The van der Waals surface area contributed by atoms with Crippen LogP contribution in [-0.4, -0.2) is 45.2 Å². The lowest BCUT2D eigenvalue weighted by molar-refractivity contribution is -0.122. The predicted octanol–water partition coefficient (Wildman–Crippen LogP) is 5.06. The molecule has 1 fully saturated rings. The first-order chi connectivity index (χ1) is 16.1. The lowest BCUT2D eigenvalue weighted by Gasteiger charge is -2.15. The molecule has 34 heavy (non-hydrogen) atoms. The third-order valence-corrected chi connectivity index (χ3v) is 5.16. The van der Waals surface area contributed by atoms with E-state index in [2.05, 4.69) is 15.5 Å². The maximum Gasteiger partial charge on any atom is 0.405 e. The summed E-state index contributed by atoms with van der Waals surface area (Å²) >= 11 is 0. The smallest absolute Gasteiger partial charge is 0.405 e. The first-order valence-corrected chi connectivity index (χ1v) is 10.8. The van der Waals surface area contributed by atoms with Crippen molar-refractivity contribution in [3.8, 4) is 17.0 Å². The first kappa shape index (κ1) is 23.4. The van der Waals surface area contributed by atoms with Crippen LogP contribution in [0.3, 0.4) is 0 Å². The molecule has 1 aliphatic rings. The molecule has 3 aromatic rings. The van der Waals surface area contributed by atoms with Crippen LogP contribution in [0.1, 0.15) is 32.3 Å². The van der Waals surface area contributed by atoms with E-state index in [1.54, 1.807) is 29.8 Å². The second kappa shape index (κ2) is 9.24. The van der Waals surface area contributed by atoms with Crippen LogP contribution in [0.5, 0.6) is 5.75 Å². The molecule has 2 amide bonds. The molecule has 180 valence electrons. The Morgan fingerprint density at radius 2 is 2.06 bits per heavy atom. The zero-order valence-electron chi connectivity index (χ0n) is 18.6. The second-order valence-electron chi connectivity index (χ2n) is 8.38. The van der Waals surface area contributed by atoms with Gasteiger partial charge in [0.15, 0.2) is 0 Å². The third-order valence-electron chi connectivity index (χ3n) is 5.16. The van der Waals surface area contributed by atoms with Gasteiger partial charge >= 0.3 is 12.2 Å². The summed E-state index contributed by atoms with van der Waals surface area (Å²) in [5, 5.41) is 17.0. The van der Waals surface area contributed by atoms with Crippen LogP contribution in [0.25, 0.3) is 16.9 Å². The summed E-state index contributed by atoms with van der Waals surface area (Å²) in [4.78, 5) is 16.4. The van der Waals surface area contributed by atoms with Gasteiger partial charge in [0.1, 0.15) is 17.9 Å². The van der Waals surface area contributed by atoms with E-state index in [0.29, 0.717) is 28.4 Å². The molecule has 1 saturated carbocycles. The van der Waals surface area contributed by atoms with Gasteiger partial charge in [-0.1, -0.05) is 5.16 Å². The number of anilines is 1. The number of hydrogen-bond donors (Lipinski definition) is 3. The van der Waals surface area contributed by atoms with Gasteiger partial charge in [0.05, 0.1) is 23.7 Å².